The van der Waals surface area contributed by atoms with E-state index in [-0.39, 0.29) is 41.9 Å². The van der Waals surface area contributed by atoms with Gasteiger partial charge in [-0.05, 0) is 66.6 Å². The summed E-state index contributed by atoms with van der Waals surface area (Å²) in [7, 11) is -3.81. The van der Waals surface area contributed by atoms with E-state index in [1.165, 1.54) is 24.3 Å². The summed E-state index contributed by atoms with van der Waals surface area (Å²) in [5.74, 6) is -0.564. The molecule has 0 aromatic heterocycles. The molecule has 2 atom stereocenters. The van der Waals surface area contributed by atoms with Crippen LogP contribution >= 0.6 is 15.9 Å². The summed E-state index contributed by atoms with van der Waals surface area (Å²) in [4.78, 5) is 19.3. The number of hydrogen-bond donors (Lipinski definition) is 3. The first-order chi connectivity index (χ1) is 22.7. The fourth-order valence-electron chi connectivity index (χ4n) is 5.22. The third kappa shape index (κ3) is 8.44. The fourth-order valence-corrected chi connectivity index (χ4v) is 7.10. The molecule has 4 aromatic rings. The van der Waals surface area contributed by atoms with Crippen molar-refractivity contribution in [3.05, 3.63) is 130 Å². The van der Waals surface area contributed by atoms with Crippen LogP contribution in [0.4, 0.5) is 4.39 Å². The minimum atomic E-state index is -3.81. The number of halogens is 2. The van der Waals surface area contributed by atoms with Crippen molar-refractivity contribution >= 4 is 37.6 Å². The Morgan fingerprint density at radius 3 is 2.47 bits per heavy atom. The highest BCUT2D eigenvalue weighted by atomic mass is 79.9. The molecule has 0 radical (unpaired) electrons. The Hall–Kier alpha value is -4.10. The molecule has 47 heavy (non-hydrogen) atoms. The fraction of sp³-hybridized carbons (Fsp3) is 0.257. The molecule has 0 aliphatic carbocycles. The van der Waals surface area contributed by atoms with Gasteiger partial charge in [-0.1, -0.05) is 64.5 Å². The predicted octanol–water partition coefficient (Wildman–Crippen LogP) is 5.33. The van der Waals surface area contributed by atoms with Gasteiger partial charge >= 0.3 is 0 Å². The van der Waals surface area contributed by atoms with Gasteiger partial charge in [-0.15, -0.1) is 0 Å². The summed E-state index contributed by atoms with van der Waals surface area (Å²) in [6, 6.07) is 28.5. The topological polar surface area (TPSA) is 126 Å². The van der Waals surface area contributed by atoms with Crippen molar-refractivity contribution < 1.29 is 32.2 Å². The normalized spacial score (nSPS) is 17.5. The molecule has 0 spiro atoms. The van der Waals surface area contributed by atoms with Crippen molar-refractivity contribution in [2.45, 2.75) is 35.8 Å². The number of hydrogen-bond acceptors (Lipinski definition) is 8. The lowest BCUT2D eigenvalue weighted by molar-refractivity contribution is -0.130. The van der Waals surface area contributed by atoms with Crippen molar-refractivity contribution in [1.29, 1.82) is 0 Å². The van der Waals surface area contributed by atoms with Gasteiger partial charge in [0, 0.05) is 41.6 Å². The maximum absolute atomic E-state index is 14.3. The average Bonchev–Trinajstić information content (AvgIpc) is 3.47. The van der Waals surface area contributed by atoms with E-state index in [4.69, 9.17) is 19.6 Å². The number of aliphatic hydroxyl groups is 1. The summed E-state index contributed by atoms with van der Waals surface area (Å²) < 4.78 is 53.5. The lowest BCUT2D eigenvalue weighted by Gasteiger charge is -2.31. The van der Waals surface area contributed by atoms with Crippen LogP contribution in [-0.4, -0.2) is 56.4 Å². The Labute approximate surface area is 281 Å². The molecule has 5 rings (SSSR count). The van der Waals surface area contributed by atoms with Crippen LogP contribution in [0.5, 0.6) is 5.75 Å². The molecule has 0 bridgehead atoms. The summed E-state index contributed by atoms with van der Waals surface area (Å²) in [5, 5.41) is 9.05. The lowest BCUT2D eigenvalue weighted by atomic mass is 9.85. The van der Waals surface area contributed by atoms with E-state index in [9.17, 15) is 17.6 Å². The van der Waals surface area contributed by atoms with Gasteiger partial charge in [-0.2, -0.15) is 0 Å². The molecule has 1 aliphatic rings. The first-order valence-corrected chi connectivity index (χ1v) is 17.6. The highest BCUT2D eigenvalue weighted by Crippen LogP contribution is 2.45. The molecule has 1 heterocycles. The SMILES string of the molecule is O=C(NNCCc1cccc(F)c1)[C@@]1(CCS(=O)(=O)c2ccccc2)N=C(c2ccc(OCCCO)cc2)O[C@H]1c1ccccc1Br. The van der Waals surface area contributed by atoms with E-state index in [1.807, 2.05) is 12.1 Å². The van der Waals surface area contributed by atoms with Crippen molar-refractivity contribution in [3.8, 4) is 5.75 Å². The van der Waals surface area contributed by atoms with Gasteiger partial charge in [0.25, 0.3) is 5.91 Å². The molecule has 9 nitrogen and oxygen atoms in total. The smallest absolute Gasteiger partial charge is 0.266 e. The number of nitrogens with one attached hydrogen (secondary N) is 2. The molecule has 4 aromatic carbocycles. The molecule has 1 amide bonds. The van der Waals surface area contributed by atoms with Crippen LogP contribution in [0.25, 0.3) is 0 Å². The summed E-state index contributed by atoms with van der Waals surface area (Å²) >= 11 is 3.58. The Bertz CT molecular complexity index is 1810. The van der Waals surface area contributed by atoms with Crippen LogP contribution in [-0.2, 0) is 25.8 Å². The van der Waals surface area contributed by atoms with Crippen LogP contribution in [0.15, 0.2) is 117 Å². The van der Waals surface area contributed by atoms with Gasteiger partial charge in [-0.3, -0.25) is 10.2 Å². The lowest BCUT2D eigenvalue weighted by Crippen LogP contribution is -2.53. The first kappa shape index (κ1) is 34.2. The van der Waals surface area contributed by atoms with Crippen LogP contribution in [0.3, 0.4) is 0 Å². The number of aliphatic imine (C=N–C) groups is 1. The molecular formula is C35H35BrFN3O6S. The Kier molecular flexibility index (Phi) is 11.4. The highest BCUT2D eigenvalue weighted by molar-refractivity contribution is 9.10. The number of carbonyl (C=O) groups is 1. The van der Waals surface area contributed by atoms with Gasteiger partial charge in [0.2, 0.25) is 5.90 Å². The van der Waals surface area contributed by atoms with Gasteiger partial charge in [0.15, 0.2) is 21.5 Å². The molecule has 0 unspecified atom stereocenters. The minimum Gasteiger partial charge on any atom is -0.494 e. The van der Waals surface area contributed by atoms with Gasteiger partial charge < -0.3 is 14.6 Å². The standard InChI is InChI=1S/C35H35BrFN3O6S/c36-31-13-5-4-12-30(31)32-35(19-23-47(43,44)29-10-2-1-3-11-29,34(42)40-38-20-18-25-8-6-9-27(37)24-25)39-33(46-32)26-14-16-28(17-15-26)45-22-7-21-41/h1-6,8-17,24,32,38,41H,7,18-23H2,(H,40,42)/t32-,35-/m0/s1. The Morgan fingerprint density at radius 1 is 1.00 bits per heavy atom. The second-order valence-corrected chi connectivity index (χ2v) is 13.9. The van der Waals surface area contributed by atoms with Crippen LogP contribution in [0.2, 0.25) is 0 Å². The number of rotatable bonds is 15. The van der Waals surface area contributed by atoms with Crippen molar-refractivity contribution in [1.82, 2.24) is 10.9 Å². The number of nitrogens with zero attached hydrogens (tertiary/aromatic N) is 1. The van der Waals surface area contributed by atoms with E-state index in [1.54, 1.807) is 66.7 Å². The third-order valence-electron chi connectivity index (χ3n) is 7.70. The number of aliphatic hydroxyl groups excluding tert-OH is 1. The molecule has 1 aliphatic heterocycles. The van der Waals surface area contributed by atoms with E-state index in [0.717, 1.165) is 5.56 Å². The van der Waals surface area contributed by atoms with Crippen LogP contribution < -0.4 is 15.6 Å². The molecule has 12 heteroatoms. The number of amides is 1. The zero-order valence-electron chi connectivity index (χ0n) is 25.4. The highest BCUT2D eigenvalue weighted by Gasteiger charge is 2.54. The monoisotopic (exact) mass is 723 g/mol. The maximum Gasteiger partial charge on any atom is 0.266 e. The molecule has 246 valence electrons. The second kappa shape index (κ2) is 15.7. The molecule has 0 saturated heterocycles. The second-order valence-electron chi connectivity index (χ2n) is 11.0. The van der Waals surface area contributed by atoms with Gasteiger partial charge in [0.05, 0.1) is 17.3 Å². The first-order valence-electron chi connectivity index (χ1n) is 15.1. The van der Waals surface area contributed by atoms with Crippen LogP contribution in [0, 0.1) is 5.82 Å². The Balaban J connectivity index is 1.49. The van der Waals surface area contributed by atoms with Gasteiger partial charge in [0.1, 0.15) is 11.6 Å². The molecular weight excluding hydrogens is 689 g/mol. The number of hydrazine groups is 1. The van der Waals surface area contributed by atoms with E-state index < -0.39 is 27.4 Å². The molecule has 3 N–H and O–H groups in total. The zero-order valence-corrected chi connectivity index (χ0v) is 27.8. The van der Waals surface area contributed by atoms with Crippen molar-refractivity contribution in [2.75, 3.05) is 25.5 Å². The van der Waals surface area contributed by atoms with E-state index in [0.29, 0.717) is 40.8 Å². The summed E-state index contributed by atoms with van der Waals surface area (Å²) in [5.41, 5.74) is 5.87. The number of benzene rings is 4. The largest absolute Gasteiger partial charge is 0.494 e. The summed E-state index contributed by atoms with van der Waals surface area (Å²) in [6.07, 6.45) is -0.270. The number of sulfone groups is 1. The van der Waals surface area contributed by atoms with E-state index >= 15 is 0 Å². The predicted molar refractivity (Wildman–Crippen MR) is 180 cm³/mol. The average molecular weight is 725 g/mol. The minimum absolute atomic E-state index is 0.0168. The number of carbonyl (C=O) groups excluding carboxylic acids is 1. The van der Waals surface area contributed by atoms with Crippen molar-refractivity contribution in [3.63, 3.8) is 0 Å². The molecule has 0 fully saturated rings. The van der Waals surface area contributed by atoms with Gasteiger partial charge in [-0.25, -0.2) is 23.2 Å². The maximum atomic E-state index is 14.3. The molecule has 0 saturated carbocycles. The third-order valence-corrected chi connectivity index (χ3v) is 10.2. The van der Waals surface area contributed by atoms with Crippen molar-refractivity contribution in [2.24, 2.45) is 4.99 Å². The Morgan fingerprint density at radius 2 is 1.74 bits per heavy atom. The quantitative estimate of drug-likeness (QED) is 0.112. The number of ether oxygens (including phenoxy) is 2. The summed E-state index contributed by atoms with van der Waals surface area (Å²) in [6.45, 7) is 0.647. The zero-order chi connectivity index (χ0) is 33.3. The van der Waals surface area contributed by atoms with E-state index in [2.05, 4.69) is 26.8 Å². The van der Waals surface area contributed by atoms with Crippen LogP contribution in [0.1, 0.15) is 35.6 Å².